The molecule has 0 spiro atoms. The van der Waals surface area contributed by atoms with Gasteiger partial charge in [-0.25, -0.2) is 0 Å². The van der Waals surface area contributed by atoms with Gasteiger partial charge in [-0.05, 0) is 40.2 Å². The van der Waals surface area contributed by atoms with Gasteiger partial charge >= 0.3 is 0 Å². The first-order valence-electron chi connectivity index (χ1n) is 8.76. The minimum absolute atomic E-state index is 0.379. The summed E-state index contributed by atoms with van der Waals surface area (Å²) in [7, 11) is 0. The molecule has 3 aromatic rings. The summed E-state index contributed by atoms with van der Waals surface area (Å²) in [5.74, 6) is 0.548. The number of benzene rings is 3. The summed E-state index contributed by atoms with van der Waals surface area (Å²) in [4.78, 5) is 0. The Morgan fingerprint density at radius 3 is 2.21 bits per heavy atom. The van der Waals surface area contributed by atoms with E-state index in [0.29, 0.717) is 12.0 Å². The smallest absolute Gasteiger partial charge is 0.0555 e. The lowest BCUT2D eigenvalue weighted by Gasteiger charge is -2.15. The molecule has 0 amide bonds. The van der Waals surface area contributed by atoms with Crippen molar-refractivity contribution in [2.24, 2.45) is 0 Å². The van der Waals surface area contributed by atoms with Crippen molar-refractivity contribution in [3.05, 3.63) is 89.5 Å². The van der Waals surface area contributed by atoms with Crippen molar-refractivity contribution in [3.63, 3.8) is 0 Å². The van der Waals surface area contributed by atoms with Gasteiger partial charge < -0.3 is 5.32 Å². The highest BCUT2D eigenvalue weighted by atomic mass is 15.0. The minimum Gasteiger partial charge on any atom is -0.377 e. The van der Waals surface area contributed by atoms with Gasteiger partial charge in [0.25, 0.3) is 0 Å². The summed E-state index contributed by atoms with van der Waals surface area (Å²) in [6.07, 6.45) is 1.07. The first-order valence-corrected chi connectivity index (χ1v) is 8.76. The number of hydrogen-bond acceptors (Lipinski definition) is 1. The number of rotatable bonds is 3. The monoisotopic (exact) mass is 313 g/mol. The molecule has 120 valence electrons. The van der Waals surface area contributed by atoms with Crippen LogP contribution in [0, 0.1) is 0 Å². The van der Waals surface area contributed by atoms with Gasteiger partial charge in [0, 0.05) is 5.69 Å². The largest absolute Gasteiger partial charge is 0.377 e. The quantitative estimate of drug-likeness (QED) is 0.608. The SMILES string of the molecule is CC(C)c1cccc2c1NC(c1ccc(-c3ccccc3)cc1)C2. The second-order valence-corrected chi connectivity index (χ2v) is 6.93. The lowest BCUT2D eigenvalue weighted by Crippen LogP contribution is -2.06. The second-order valence-electron chi connectivity index (χ2n) is 6.93. The lowest BCUT2D eigenvalue weighted by molar-refractivity contribution is 0.822. The van der Waals surface area contributed by atoms with E-state index in [0.717, 1.165) is 6.42 Å². The predicted molar refractivity (Wildman–Crippen MR) is 102 cm³/mol. The van der Waals surface area contributed by atoms with Crippen LogP contribution in [0.5, 0.6) is 0 Å². The standard InChI is InChI=1S/C23H23N/c1-16(2)21-10-6-9-20-15-22(24-23(20)21)19-13-11-18(12-14-19)17-7-4-3-5-8-17/h3-14,16,22,24H,15H2,1-2H3. The Morgan fingerprint density at radius 2 is 1.50 bits per heavy atom. The molecule has 1 atom stereocenters. The predicted octanol–water partition coefficient (Wildman–Crippen LogP) is 6.19. The Balaban J connectivity index is 1.59. The third-order valence-corrected chi connectivity index (χ3v) is 4.97. The van der Waals surface area contributed by atoms with Crippen molar-refractivity contribution in [3.8, 4) is 11.1 Å². The Hall–Kier alpha value is -2.54. The van der Waals surface area contributed by atoms with Gasteiger partial charge in [-0.2, -0.15) is 0 Å². The molecule has 1 N–H and O–H groups in total. The molecule has 0 fully saturated rings. The van der Waals surface area contributed by atoms with E-state index in [1.807, 2.05) is 0 Å². The third-order valence-electron chi connectivity index (χ3n) is 4.97. The fraction of sp³-hybridized carbons (Fsp3) is 0.217. The molecule has 1 heteroatoms. The molecule has 0 saturated heterocycles. The summed E-state index contributed by atoms with van der Waals surface area (Å²) in [5, 5.41) is 3.76. The van der Waals surface area contributed by atoms with Gasteiger partial charge in [0.1, 0.15) is 0 Å². The van der Waals surface area contributed by atoms with Crippen molar-refractivity contribution in [1.29, 1.82) is 0 Å². The van der Waals surface area contributed by atoms with Crippen LogP contribution in [0.15, 0.2) is 72.8 Å². The van der Waals surface area contributed by atoms with E-state index in [9.17, 15) is 0 Å². The molecule has 3 aromatic carbocycles. The van der Waals surface area contributed by atoms with Gasteiger partial charge in [-0.1, -0.05) is 86.6 Å². The molecule has 0 saturated carbocycles. The Morgan fingerprint density at radius 1 is 0.792 bits per heavy atom. The fourth-order valence-corrected chi connectivity index (χ4v) is 3.63. The molecule has 1 aliphatic heterocycles. The number of fused-ring (bicyclic) bond motifs is 1. The average Bonchev–Trinajstić information content (AvgIpc) is 3.06. The summed E-state index contributed by atoms with van der Waals surface area (Å²) >= 11 is 0. The minimum atomic E-state index is 0.379. The Labute approximate surface area is 144 Å². The molecule has 1 aliphatic rings. The molecule has 1 nitrogen and oxygen atoms in total. The van der Waals surface area contributed by atoms with Crippen LogP contribution in [-0.2, 0) is 6.42 Å². The molecular weight excluding hydrogens is 290 g/mol. The molecule has 0 bridgehead atoms. The van der Waals surface area contributed by atoms with E-state index in [-0.39, 0.29) is 0 Å². The van der Waals surface area contributed by atoms with E-state index in [1.54, 1.807) is 0 Å². The highest BCUT2D eigenvalue weighted by Gasteiger charge is 2.24. The average molecular weight is 313 g/mol. The van der Waals surface area contributed by atoms with E-state index in [1.165, 1.54) is 33.5 Å². The van der Waals surface area contributed by atoms with Crippen molar-refractivity contribution in [2.45, 2.75) is 32.2 Å². The van der Waals surface area contributed by atoms with Crippen LogP contribution in [0.3, 0.4) is 0 Å². The molecule has 24 heavy (non-hydrogen) atoms. The molecule has 0 radical (unpaired) electrons. The van der Waals surface area contributed by atoms with Crippen LogP contribution < -0.4 is 5.32 Å². The van der Waals surface area contributed by atoms with Crippen molar-refractivity contribution in [1.82, 2.24) is 0 Å². The summed E-state index contributed by atoms with van der Waals surface area (Å²) in [5.41, 5.74) is 8.13. The zero-order chi connectivity index (χ0) is 16.5. The maximum Gasteiger partial charge on any atom is 0.0555 e. The first-order chi connectivity index (χ1) is 11.7. The van der Waals surface area contributed by atoms with E-state index in [4.69, 9.17) is 0 Å². The third kappa shape index (κ3) is 2.71. The molecule has 0 aliphatic carbocycles. The molecular formula is C23H23N. The number of anilines is 1. The van der Waals surface area contributed by atoms with Crippen LogP contribution in [0.1, 0.15) is 42.5 Å². The lowest BCUT2D eigenvalue weighted by atomic mass is 9.97. The van der Waals surface area contributed by atoms with Crippen LogP contribution in [-0.4, -0.2) is 0 Å². The zero-order valence-corrected chi connectivity index (χ0v) is 14.3. The Kier molecular flexibility index (Phi) is 3.86. The molecule has 1 heterocycles. The first kappa shape index (κ1) is 15.0. The van der Waals surface area contributed by atoms with E-state index >= 15 is 0 Å². The highest BCUT2D eigenvalue weighted by molar-refractivity contribution is 5.66. The van der Waals surface area contributed by atoms with Gasteiger partial charge in [-0.3, -0.25) is 0 Å². The molecule has 1 unspecified atom stereocenters. The summed E-state index contributed by atoms with van der Waals surface area (Å²) in [6.45, 7) is 4.53. The van der Waals surface area contributed by atoms with E-state index < -0.39 is 0 Å². The zero-order valence-electron chi connectivity index (χ0n) is 14.3. The highest BCUT2D eigenvalue weighted by Crippen LogP contribution is 2.39. The van der Waals surface area contributed by atoms with Crippen LogP contribution in [0.4, 0.5) is 5.69 Å². The summed E-state index contributed by atoms with van der Waals surface area (Å²) < 4.78 is 0. The number of hydrogen-bond donors (Lipinski definition) is 1. The normalized spacial score (nSPS) is 16.0. The Bertz CT molecular complexity index is 832. The van der Waals surface area contributed by atoms with Gasteiger partial charge in [-0.15, -0.1) is 0 Å². The fourth-order valence-electron chi connectivity index (χ4n) is 3.63. The van der Waals surface area contributed by atoms with Gasteiger partial charge in [0.15, 0.2) is 0 Å². The summed E-state index contributed by atoms with van der Waals surface area (Å²) in [6, 6.07) is 26.6. The maximum absolute atomic E-state index is 3.76. The van der Waals surface area contributed by atoms with Crippen molar-refractivity contribution >= 4 is 5.69 Å². The van der Waals surface area contributed by atoms with Crippen molar-refractivity contribution in [2.75, 3.05) is 5.32 Å². The molecule has 4 rings (SSSR count). The molecule has 0 aromatic heterocycles. The number of para-hydroxylation sites is 1. The van der Waals surface area contributed by atoms with Crippen LogP contribution in [0.25, 0.3) is 11.1 Å². The van der Waals surface area contributed by atoms with E-state index in [2.05, 4.69) is 92.0 Å². The van der Waals surface area contributed by atoms with Crippen molar-refractivity contribution < 1.29 is 0 Å². The van der Waals surface area contributed by atoms with Crippen LogP contribution >= 0.6 is 0 Å². The number of nitrogens with one attached hydrogen (secondary N) is 1. The second kappa shape index (κ2) is 6.16. The van der Waals surface area contributed by atoms with Gasteiger partial charge in [0.05, 0.1) is 6.04 Å². The van der Waals surface area contributed by atoms with Gasteiger partial charge in [0.2, 0.25) is 0 Å². The topological polar surface area (TPSA) is 12.0 Å². The maximum atomic E-state index is 3.76. The van der Waals surface area contributed by atoms with Crippen LogP contribution in [0.2, 0.25) is 0 Å².